The van der Waals surface area contributed by atoms with E-state index in [9.17, 15) is 13.2 Å². The number of benzene rings is 1. The first-order chi connectivity index (χ1) is 9.70. The van der Waals surface area contributed by atoms with Gasteiger partial charge in [0.2, 0.25) is 0 Å². The van der Waals surface area contributed by atoms with Crippen LogP contribution in [0.4, 0.5) is 13.2 Å². The van der Waals surface area contributed by atoms with Gasteiger partial charge in [-0.15, -0.1) is 0 Å². The molecule has 0 bridgehead atoms. The molecule has 1 heterocycles. The molecule has 0 spiro atoms. The molecule has 0 saturated carbocycles. The fourth-order valence-electron chi connectivity index (χ4n) is 2.78. The molecular weight excluding hydrogens is 279 g/mol. The summed E-state index contributed by atoms with van der Waals surface area (Å²) in [7, 11) is 0. The molecule has 2 unspecified atom stereocenters. The van der Waals surface area contributed by atoms with Crippen LogP contribution < -0.4 is 5.73 Å². The molecule has 2 N–H and O–H groups in total. The minimum atomic E-state index is -4.32. The Bertz CT molecular complexity index is 536. The van der Waals surface area contributed by atoms with Gasteiger partial charge >= 0.3 is 6.18 Å². The average molecular weight is 299 g/mol. The van der Waals surface area contributed by atoms with E-state index in [2.05, 4.69) is 4.99 Å². The summed E-state index contributed by atoms with van der Waals surface area (Å²) in [6.07, 6.45) is -3.44. The summed E-state index contributed by atoms with van der Waals surface area (Å²) in [6.45, 7) is 6.50. The molecular formula is C15H20F3N3. The highest BCUT2D eigenvalue weighted by molar-refractivity contribution is 5.81. The topological polar surface area (TPSA) is 41.6 Å². The van der Waals surface area contributed by atoms with Crippen molar-refractivity contribution in [3.05, 3.63) is 35.4 Å². The second-order valence-corrected chi connectivity index (χ2v) is 5.65. The van der Waals surface area contributed by atoms with Crippen LogP contribution in [0.5, 0.6) is 0 Å². The zero-order chi connectivity index (χ0) is 15.8. The summed E-state index contributed by atoms with van der Waals surface area (Å²) < 4.78 is 38.0. The van der Waals surface area contributed by atoms with Gasteiger partial charge in [-0.25, -0.2) is 0 Å². The number of hydrogen-bond donors (Lipinski definition) is 1. The Hall–Kier alpha value is -1.72. The molecule has 0 radical (unpaired) electrons. The average Bonchev–Trinajstić information content (AvgIpc) is 2.74. The molecule has 0 fully saturated rings. The van der Waals surface area contributed by atoms with E-state index in [4.69, 9.17) is 5.73 Å². The van der Waals surface area contributed by atoms with Gasteiger partial charge in [0.25, 0.3) is 0 Å². The fourth-order valence-corrected chi connectivity index (χ4v) is 2.78. The lowest BCUT2D eigenvalue weighted by atomic mass is 9.89. The third-order valence-corrected chi connectivity index (χ3v) is 4.19. The molecule has 0 aliphatic carbocycles. The van der Waals surface area contributed by atoms with Crippen LogP contribution in [0.25, 0.3) is 0 Å². The summed E-state index contributed by atoms with van der Waals surface area (Å²) in [5.41, 5.74) is 5.62. The highest BCUT2D eigenvalue weighted by Crippen LogP contribution is 2.37. The van der Waals surface area contributed by atoms with Crippen LogP contribution in [0.1, 0.15) is 38.3 Å². The molecule has 1 aromatic rings. The van der Waals surface area contributed by atoms with E-state index in [-0.39, 0.29) is 6.04 Å². The first-order valence-electron chi connectivity index (χ1n) is 6.97. The van der Waals surface area contributed by atoms with Gasteiger partial charge in [0.1, 0.15) is 0 Å². The van der Waals surface area contributed by atoms with Gasteiger partial charge in [-0.2, -0.15) is 13.2 Å². The predicted octanol–water partition coefficient (Wildman–Crippen LogP) is 3.35. The standard InChI is InChI=1S/C15H20F3N3/c1-4-10(2)21-13(19)20-9-14(21,3)11-5-7-12(8-6-11)15(16,17)18/h5-8,10H,4,9H2,1-3H3,(H2,19,20). The van der Waals surface area contributed by atoms with E-state index >= 15 is 0 Å². The Balaban J connectivity index is 2.36. The molecule has 0 saturated heterocycles. The Labute approximate surface area is 122 Å². The van der Waals surface area contributed by atoms with Crippen molar-refractivity contribution in [2.45, 2.75) is 44.9 Å². The van der Waals surface area contributed by atoms with Crippen molar-refractivity contribution in [3.8, 4) is 0 Å². The van der Waals surface area contributed by atoms with Crippen molar-refractivity contribution >= 4 is 5.96 Å². The highest BCUT2D eigenvalue weighted by Gasteiger charge is 2.42. The van der Waals surface area contributed by atoms with E-state index in [1.165, 1.54) is 12.1 Å². The molecule has 2 atom stereocenters. The molecule has 21 heavy (non-hydrogen) atoms. The molecule has 2 rings (SSSR count). The molecule has 1 aromatic carbocycles. The van der Waals surface area contributed by atoms with E-state index in [1.807, 2.05) is 25.7 Å². The minimum Gasteiger partial charge on any atom is -0.370 e. The number of nitrogens with zero attached hydrogens (tertiary/aromatic N) is 2. The van der Waals surface area contributed by atoms with Crippen LogP contribution in [-0.2, 0) is 11.7 Å². The largest absolute Gasteiger partial charge is 0.416 e. The quantitative estimate of drug-likeness (QED) is 0.930. The van der Waals surface area contributed by atoms with Gasteiger partial charge in [0, 0.05) is 6.04 Å². The first-order valence-corrected chi connectivity index (χ1v) is 6.97. The fraction of sp³-hybridized carbons (Fsp3) is 0.533. The number of nitrogens with two attached hydrogens (primary N) is 1. The number of halogens is 3. The van der Waals surface area contributed by atoms with Crippen molar-refractivity contribution in [2.75, 3.05) is 6.54 Å². The molecule has 0 aromatic heterocycles. The highest BCUT2D eigenvalue weighted by atomic mass is 19.4. The number of hydrogen-bond acceptors (Lipinski definition) is 3. The summed E-state index contributed by atoms with van der Waals surface area (Å²) in [6, 6.07) is 5.44. The maximum Gasteiger partial charge on any atom is 0.416 e. The maximum atomic E-state index is 12.7. The van der Waals surface area contributed by atoms with Gasteiger partial charge in [-0.3, -0.25) is 4.99 Å². The summed E-state index contributed by atoms with van der Waals surface area (Å²) in [5.74, 6) is 0.451. The monoisotopic (exact) mass is 299 g/mol. The van der Waals surface area contributed by atoms with Gasteiger partial charge in [-0.05, 0) is 38.0 Å². The van der Waals surface area contributed by atoms with Crippen molar-refractivity contribution < 1.29 is 13.2 Å². The van der Waals surface area contributed by atoms with Gasteiger partial charge in [0.15, 0.2) is 5.96 Å². The third-order valence-electron chi connectivity index (χ3n) is 4.19. The number of guanidine groups is 1. The maximum absolute atomic E-state index is 12.7. The van der Waals surface area contributed by atoms with E-state index in [1.54, 1.807) is 0 Å². The molecule has 1 aliphatic heterocycles. The van der Waals surface area contributed by atoms with Crippen molar-refractivity contribution in [1.29, 1.82) is 0 Å². The van der Waals surface area contributed by atoms with E-state index in [0.717, 1.165) is 24.1 Å². The van der Waals surface area contributed by atoms with Crippen molar-refractivity contribution in [3.63, 3.8) is 0 Å². The molecule has 1 aliphatic rings. The Morgan fingerprint density at radius 1 is 1.33 bits per heavy atom. The lowest BCUT2D eigenvalue weighted by molar-refractivity contribution is -0.137. The van der Waals surface area contributed by atoms with Crippen LogP contribution in [0, 0.1) is 0 Å². The Kier molecular flexibility index (Phi) is 3.91. The lowest BCUT2D eigenvalue weighted by Gasteiger charge is -2.40. The summed E-state index contributed by atoms with van der Waals surface area (Å²) in [4.78, 5) is 6.28. The number of rotatable bonds is 3. The van der Waals surface area contributed by atoms with Crippen LogP contribution in [0.15, 0.2) is 29.3 Å². The molecule has 3 nitrogen and oxygen atoms in total. The summed E-state index contributed by atoms with van der Waals surface area (Å²) >= 11 is 0. The number of aliphatic imine (C=N–C) groups is 1. The lowest BCUT2D eigenvalue weighted by Crippen LogP contribution is -2.51. The molecule has 116 valence electrons. The van der Waals surface area contributed by atoms with Crippen LogP contribution in [-0.4, -0.2) is 23.4 Å². The van der Waals surface area contributed by atoms with Gasteiger partial charge in [0.05, 0.1) is 17.6 Å². The van der Waals surface area contributed by atoms with Crippen LogP contribution >= 0.6 is 0 Å². The molecule has 0 amide bonds. The normalized spacial score (nSPS) is 24.1. The zero-order valence-corrected chi connectivity index (χ0v) is 12.4. The minimum absolute atomic E-state index is 0.170. The Morgan fingerprint density at radius 2 is 1.90 bits per heavy atom. The van der Waals surface area contributed by atoms with Crippen LogP contribution in [0.3, 0.4) is 0 Å². The van der Waals surface area contributed by atoms with E-state index < -0.39 is 17.3 Å². The number of alkyl halides is 3. The van der Waals surface area contributed by atoms with Crippen molar-refractivity contribution in [2.24, 2.45) is 10.7 Å². The second kappa shape index (κ2) is 5.24. The first kappa shape index (κ1) is 15.7. The third kappa shape index (κ3) is 2.71. The molecule has 6 heteroatoms. The van der Waals surface area contributed by atoms with Gasteiger partial charge in [-0.1, -0.05) is 19.1 Å². The zero-order valence-electron chi connectivity index (χ0n) is 12.4. The second-order valence-electron chi connectivity index (χ2n) is 5.65. The Morgan fingerprint density at radius 3 is 2.38 bits per heavy atom. The SMILES string of the molecule is CCC(C)N1C(N)=NCC1(C)c1ccc(C(F)(F)F)cc1. The van der Waals surface area contributed by atoms with Crippen molar-refractivity contribution in [1.82, 2.24) is 4.90 Å². The van der Waals surface area contributed by atoms with E-state index in [0.29, 0.717) is 12.5 Å². The van der Waals surface area contributed by atoms with Crippen LogP contribution in [0.2, 0.25) is 0 Å². The van der Waals surface area contributed by atoms with Gasteiger partial charge < -0.3 is 10.6 Å². The smallest absolute Gasteiger partial charge is 0.370 e. The predicted molar refractivity (Wildman–Crippen MR) is 76.9 cm³/mol. The summed E-state index contributed by atoms with van der Waals surface area (Å²) in [5, 5.41) is 0.